The molecule has 2 aromatic carbocycles. The van der Waals surface area contributed by atoms with Gasteiger partial charge in [0.25, 0.3) is 5.91 Å². The molecule has 2 saturated heterocycles. The highest BCUT2D eigenvalue weighted by molar-refractivity contribution is 7.89. The van der Waals surface area contributed by atoms with Crippen LogP contribution in [0.15, 0.2) is 59.5 Å². The number of nitrogens with one attached hydrogen (secondary N) is 2. The summed E-state index contributed by atoms with van der Waals surface area (Å²) in [6, 6.07) is 13.1. The molecule has 12 heteroatoms. The van der Waals surface area contributed by atoms with Gasteiger partial charge in [0, 0.05) is 29.9 Å². The van der Waals surface area contributed by atoms with Gasteiger partial charge in [-0.25, -0.2) is 13.2 Å². The summed E-state index contributed by atoms with van der Waals surface area (Å²) in [6.45, 7) is 8.31. The van der Waals surface area contributed by atoms with Gasteiger partial charge >= 0.3 is 6.09 Å². The van der Waals surface area contributed by atoms with Crippen LogP contribution in [-0.4, -0.2) is 80.7 Å². The third kappa shape index (κ3) is 7.75. The van der Waals surface area contributed by atoms with Crippen molar-refractivity contribution in [2.75, 3.05) is 31.6 Å². The molecule has 0 spiro atoms. The van der Waals surface area contributed by atoms with Crippen molar-refractivity contribution < 1.29 is 37.3 Å². The van der Waals surface area contributed by atoms with E-state index < -0.39 is 34.4 Å². The van der Waals surface area contributed by atoms with Crippen LogP contribution in [0.25, 0.3) is 5.57 Å². The Morgan fingerprint density at radius 1 is 1.13 bits per heavy atom. The van der Waals surface area contributed by atoms with Gasteiger partial charge in [-0.3, -0.25) is 4.79 Å². The predicted octanol–water partition coefficient (Wildman–Crippen LogP) is 3.78. The molecule has 0 aliphatic carbocycles. The lowest BCUT2D eigenvalue weighted by atomic mass is 10.0. The second-order valence-corrected chi connectivity index (χ2v) is 14.6. The van der Waals surface area contributed by atoms with Crippen molar-refractivity contribution in [3.63, 3.8) is 0 Å². The minimum absolute atomic E-state index is 0.0156. The number of nitrogens with zero attached hydrogens (tertiary/aromatic N) is 1. The second-order valence-electron chi connectivity index (χ2n) is 12.7. The Kier molecular flexibility index (Phi) is 10.3. The fourth-order valence-electron chi connectivity index (χ4n) is 6.01. The average Bonchev–Trinajstić information content (AvgIpc) is 3.68. The molecule has 45 heavy (non-hydrogen) atoms. The molecule has 0 saturated carbocycles. The molecular weight excluding hydrogens is 598 g/mol. The second kappa shape index (κ2) is 14.0. The molecule has 3 heterocycles. The molecule has 0 bridgehead atoms. The van der Waals surface area contributed by atoms with Crippen LogP contribution in [0, 0.1) is 17.8 Å². The SMILES string of the molecule is CC(C)/C=C1\C(=O)Nc2ccc(S(=O)(=O)N(CC(C)C)C[C@@H](O)[C@H](Cc3ccccc3)NC(=O)O[C@H]3CO[C@H]4OCC[C@H]43)cc21. The predicted molar refractivity (Wildman–Crippen MR) is 169 cm³/mol. The Morgan fingerprint density at radius 2 is 1.89 bits per heavy atom. The molecule has 3 N–H and O–H groups in total. The van der Waals surface area contributed by atoms with E-state index in [1.165, 1.54) is 16.4 Å². The number of alkyl carbamates (subject to hydrolysis) is 1. The fourth-order valence-corrected chi connectivity index (χ4v) is 7.66. The van der Waals surface area contributed by atoms with Crippen molar-refractivity contribution in [1.82, 2.24) is 9.62 Å². The van der Waals surface area contributed by atoms with Crippen LogP contribution in [0.1, 0.15) is 45.2 Å². The Bertz CT molecular complexity index is 1510. The van der Waals surface area contributed by atoms with Gasteiger partial charge in [-0.2, -0.15) is 4.31 Å². The van der Waals surface area contributed by atoms with Crippen LogP contribution in [0.5, 0.6) is 0 Å². The molecule has 11 nitrogen and oxygen atoms in total. The number of benzene rings is 2. The number of amides is 2. The highest BCUT2D eigenvalue weighted by atomic mass is 32.2. The summed E-state index contributed by atoms with van der Waals surface area (Å²) in [5.74, 6) is -0.298. The van der Waals surface area contributed by atoms with E-state index >= 15 is 0 Å². The molecule has 244 valence electrons. The van der Waals surface area contributed by atoms with Crippen LogP contribution in [0.4, 0.5) is 10.5 Å². The minimum Gasteiger partial charge on any atom is -0.443 e. The number of sulfonamides is 1. The molecule has 3 aliphatic heterocycles. The number of anilines is 1. The van der Waals surface area contributed by atoms with E-state index in [2.05, 4.69) is 10.6 Å². The van der Waals surface area contributed by atoms with Crippen LogP contribution in [0.3, 0.4) is 0 Å². The van der Waals surface area contributed by atoms with E-state index in [0.717, 1.165) is 12.0 Å². The van der Waals surface area contributed by atoms with E-state index in [4.69, 9.17) is 14.2 Å². The largest absolute Gasteiger partial charge is 0.443 e. The van der Waals surface area contributed by atoms with Crippen molar-refractivity contribution in [2.24, 2.45) is 17.8 Å². The average molecular weight is 642 g/mol. The van der Waals surface area contributed by atoms with Crippen molar-refractivity contribution in [3.8, 4) is 0 Å². The topological polar surface area (TPSA) is 144 Å². The third-order valence-electron chi connectivity index (χ3n) is 8.18. The van der Waals surface area contributed by atoms with Gasteiger partial charge in [-0.1, -0.05) is 64.1 Å². The number of aliphatic hydroxyl groups is 1. The van der Waals surface area contributed by atoms with Gasteiger partial charge in [-0.05, 0) is 48.4 Å². The van der Waals surface area contributed by atoms with E-state index in [0.29, 0.717) is 23.4 Å². The number of carbonyl (C=O) groups is 2. The Hall–Kier alpha value is -3.29. The molecule has 2 fully saturated rings. The molecule has 5 atom stereocenters. The lowest BCUT2D eigenvalue weighted by Crippen LogP contribution is -2.51. The Balaban J connectivity index is 1.37. The fraction of sp³-hybridized carbons (Fsp3) is 0.515. The van der Waals surface area contributed by atoms with Crippen molar-refractivity contribution in [2.45, 2.75) is 70.0 Å². The highest BCUT2D eigenvalue weighted by Gasteiger charge is 2.44. The lowest BCUT2D eigenvalue weighted by Gasteiger charge is -2.31. The van der Waals surface area contributed by atoms with Gasteiger partial charge in [0.1, 0.15) is 6.10 Å². The molecular formula is C33H43N3O8S. The number of hydrogen-bond donors (Lipinski definition) is 3. The summed E-state index contributed by atoms with van der Waals surface area (Å²) in [4.78, 5) is 25.7. The summed E-state index contributed by atoms with van der Waals surface area (Å²) in [6.07, 6.45) is -0.0585. The monoisotopic (exact) mass is 641 g/mol. The van der Waals surface area contributed by atoms with E-state index in [1.807, 2.05) is 64.1 Å². The number of aliphatic hydroxyl groups excluding tert-OH is 1. The summed E-state index contributed by atoms with van der Waals surface area (Å²) in [5, 5.41) is 17.2. The zero-order valence-corrected chi connectivity index (χ0v) is 27.0. The zero-order chi connectivity index (χ0) is 32.3. The number of rotatable bonds is 12. The number of fused-ring (bicyclic) bond motifs is 2. The van der Waals surface area contributed by atoms with Gasteiger partial charge in [0.15, 0.2) is 6.29 Å². The molecule has 0 unspecified atom stereocenters. The molecule has 0 aromatic heterocycles. The lowest BCUT2D eigenvalue weighted by molar-refractivity contribution is -0.110. The highest BCUT2D eigenvalue weighted by Crippen LogP contribution is 2.35. The van der Waals surface area contributed by atoms with Crippen molar-refractivity contribution >= 4 is 33.3 Å². The standard InChI is InChI=1S/C33H43N3O8S/c1-20(2)14-26-25-16-23(10-11-27(25)34-31(26)38)45(40,41)36(17-21(3)4)18-29(37)28(15-22-8-6-5-7-9-22)35-33(39)44-30-19-43-32-24(30)12-13-42-32/h5-11,14,16,20-21,24,28-30,32,37H,12-13,15,17-19H2,1-4H3,(H,34,38)(H,35,39)/b26-14-/t24-,28-,29+,30-,32+/m0/s1. The van der Waals surface area contributed by atoms with Crippen LogP contribution in [0.2, 0.25) is 0 Å². The molecule has 2 aromatic rings. The summed E-state index contributed by atoms with van der Waals surface area (Å²) >= 11 is 0. The van der Waals surface area contributed by atoms with Crippen molar-refractivity contribution in [3.05, 3.63) is 65.7 Å². The first-order valence-corrected chi connectivity index (χ1v) is 17.0. The molecule has 3 aliphatic rings. The maximum absolute atomic E-state index is 14.1. The first-order valence-electron chi connectivity index (χ1n) is 15.5. The van der Waals surface area contributed by atoms with E-state index in [1.54, 1.807) is 6.07 Å². The van der Waals surface area contributed by atoms with E-state index in [-0.39, 0.29) is 61.0 Å². The Labute approximate surface area is 265 Å². The maximum atomic E-state index is 14.1. The Morgan fingerprint density at radius 3 is 2.60 bits per heavy atom. The first-order chi connectivity index (χ1) is 21.4. The summed E-state index contributed by atoms with van der Waals surface area (Å²) in [7, 11) is -4.11. The van der Waals surface area contributed by atoms with Gasteiger partial charge in [0.05, 0.1) is 36.2 Å². The number of carbonyl (C=O) groups excluding carboxylic acids is 2. The first kappa shape index (κ1) is 33.1. The molecule has 0 radical (unpaired) electrons. The zero-order valence-electron chi connectivity index (χ0n) is 26.1. The normalized spacial score (nSPS) is 23.3. The third-order valence-corrected chi connectivity index (χ3v) is 10.0. The van der Waals surface area contributed by atoms with E-state index in [9.17, 15) is 23.1 Å². The van der Waals surface area contributed by atoms with Crippen molar-refractivity contribution in [1.29, 1.82) is 0 Å². The van der Waals surface area contributed by atoms with Crippen LogP contribution >= 0.6 is 0 Å². The minimum atomic E-state index is -4.11. The van der Waals surface area contributed by atoms with Gasteiger partial charge in [-0.15, -0.1) is 0 Å². The number of hydrogen-bond acceptors (Lipinski definition) is 8. The molecule has 5 rings (SSSR count). The quantitative estimate of drug-likeness (QED) is 0.297. The van der Waals surface area contributed by atoms with Crippen LogP contribution in [-0.2, 0) is 35.4 Å². The maximum Gasteiger partial charge on any atom is 0.407 e. The number of allylic oxidation sites excluding steroid dienone is 1. The van der Waals surface area contributed by atoms with Gasteiger partial charge < -0.3 is 30.0 Å². The smallest absolute Gasteiger partial charge is 0.407 e. The van der Waals surface area contributed by atoms with Gasteiger partial charge in [0.2, 0.25) is 10.0 Å². The number of ether oxygens (including phenoxy) is 3. The van der Waals surface area contributed by atoms with Crippen LogP contribution < -0.4 is 10.6 Å². The molecule has 2 amide bonds. The summed E-state index contributed by atoms with van der Waals surface area (Å²) in [5.41, 5.74) is 2.36. The summed E-state index contributed by atoms with van der Waals surface area (Å²) < 4.78 is 46.3.